The Hall–Kier alpha value is -1.89. The van der Waals surface area contributed by atoms with Crippen molar-refractivity contribution in [2.45, 2.75) is 50.5 Å². The molecular formula is C19H24N2O4S. The fourth-order valence-corrected chi connectivity index (χ4v) is 6.12. The highest BCUT2D eigenvalue weighted by Crippen LogP contribution is 2.55. The zero-order valence-electron chi connectivity index (χ0n) is 14.7. The number of urea groups is 1. The van der Waals surface area contributed by atoms with E-state index in [-0.39, 0.29) is 12.0 Å². The van der Waals surface area contributed by atoms with Gasteiger partial charge in [0.1, 0.15) is 0 Å². The summed E-state index contributed by atoms with van der Waals surface area (Å²) in [4.78, 5) is 35.9. The molecule has 4 aliphatic carbocycles. The molecule has 1 aromatic heterocycles. The minimum absolute atomic E-state index is 0.135. The maximum Gasteiger partial charge on any atom is 0.321 e. The molecule has 3 amide bonds. The van der Waals surface area contributed by atoms with Crippen LogP contribution in [0.3, 0.4) is 0 Å². The number of carbonyl (C=O) groups excluding carboxylic acids is 3. The molecule has 4 bridgehead atoms. The molecule has 0 unspecified atom stereocenters. The van der Waals surface area contributed by atoms with Crippen molar-refractivity contribution in [2.75, 3.05) is 6.61 Å². The van der Waals surface area contributed by atoms with Crippen LogP contribution in [0.1, 0.15) is 44.1 Å². The fraction of sp³-hybridized carbons (Fsp3) is 0.632. The van der Waals surface area contributed by atoms with Crippen LogP contribution in [0.25, 0.3) is 0 Å². The Kier molecular flexibility index (Phi) is 4.73. The zero-order chi connectivity index (χ0) is 18.1. The van der Waals surface area contributed by atoms with E-state index in [2.05, 4.69) is 10.6 Å². The largest absolute Gasteiger partial charge is 0.455 e. The van der Waals surface area contributed by atoms with Crippen molar-refractivity contribution >= 4 is 29.2 Å². The number of thiophene rings is 1. The van der Waals surface area contributed by atoms with Crippen LogP contribution in [0.5, 0.6) is 0 Å². The fourth-order valence-electron chi connectivity index (χ4n) is 5.46. The van der Waals surface area contributed by atoms with Gasteiger partial charge in [0.2, 0.25) is 0 Å². The number of rotatable bonds is 5. The molecule has 1 heterocycles. The smallest absolute Gasteiger partial charge is 0.321 e. The number of amides is 3. The second-order valence-electron chi connectivity index (χ2n) is 8.17. The summed E-state index contributed by atoms with van der Waals surface area (Å²) in [6.07, 6.45) is 7.09. The molecule has 0 saturated heterocycles. The summed E-state index contributed by atoms with van der Waals surface area (Å²) in [6, 6.07) is 1.37. The van der Waals surface area contributed by atoms with Crippen molar-refractivity contribution in [3.05, 3.63) is 22.4 Å². The molecule has 140 valence electrons. The second-order valence-corrected chi connectivity index (χ2v) is 8.95. The average molecular weight is 376 g/mol. The topological polar surface area (TPSA) is 84.5 Å². The van der Waals surface area contributed by atoms with Crippen LogP contribution in [-0.2, 0) is 20.7 Å². The van der Waals surface area contributed by atoms with Gasteiger partial charge in [0, 0.05) is 5.54 Å². The summed E-state index contributed by atoms with van der Waals surface area (Å²) >= 11 is 1.50. The molecule has 0 radical (unpaired) electrons. The second kappa shape index (κ2) is 7.02. The van der Waals surface area contributed by atoms with Crippen LogP contribution in [0.2, 0.25) is 0 Å². The van der Waals surface area contributed by atoms with E-state index in [0.717, 1.165) is 42.6 Å². The minimum Gasteiger partial charge on any atom is -0.455 e. The first-order chi connectivity index (χ1) is 12.5. The molecular weight excluding hydrogens is 352 g/mol. The summed E-state index contributed by atoms with van der Waals surface area (Å²) in [5, 5.41) is 9.11. The van der Waals surface area contributed by atoms with Crippen LogP contribution < -0.4 is 10.6 Å². The van der Waals surface area contributed by atoms with Crippen molar-refractivity contribution in [3.8, 4) is 0 Å². The van der Waals surface area contributed by atoms with Crippen LogP contribution in [-0.4, -0.2) is 30.1 Å². The highest BCUT2D eigenvalue weighted by Gasteiger charge is 2.51. The predicted octanol–water partition coefficient (Wildman–Crippen LogP) is 2.63. The maximum atomic E-state index is 12.3. The quantitative estimate of drug-likeness (QED) is 0.774. The third-order valence-electron chi connectivity index (χ3n) is 5.96. The molecule has 26 heavy (non-hydrogen) atoms. The van der Waals surface area contributed by atoms with E-state index < -0.39 is 24.5 Å². The molecule has 4 aliphatic rings. The lowest BCUT2D eigenvalue weighted by Gasteiger charge is -2.56. The molecule has 0 atom stereocenters. The minimum atomic E-state index is -0.592. The molecule has 0 aliphatic heterocycles. The number of hydrogen-bond donors (Lipinski definition) is 2. The number of nitrogens with one attached hydrogen (secondary N) is 2. The van der Waals surface area contributed by atoms with Gasteiger partial charge in [0.25, 0.3) is 5.91 Å². The summed E-state index contributed by atoms with van der Waals surface area (Å²) < 4.78 is 4.95. The SMILES string of the molecule is O=C(COC(=O)Cc1ccsc1)NC(=O)NC12CC3CC(CC(C3)C1)C2. The number of esters is 1. The van der Waals surface area contributed by atoms with E-state index in [0.29, 0.717) is 0 Å². The van der Waals surface area contributed by atoms with Gasteiger partial charge < -0.3 is 10.1 Å². The molecule has 1 aromatic rings. The van der Waals surface area contributed by atoms with Crippen LogP contribution in [0.15, 0.2) is 16.8 Å². The van der Waals surface area contributed by atoms with Crippen LogP contribution in [0.4, 0.5) is 4.79 Å². The van der Waals surface area contributed by atoms with Crippen molar-refractivity contribution in [1.82, 2.24) is 10.6 Å². The molecule has 5 rings (SSSR count). The Bertz CT molecular complexity index is 665. The molecule has 7 heteroatoms. The number of imide groups is 1. The Morgan fingerprint density at radius 3 is 2.35 bits per heavy atom. The maximum absolute atomic E-state index is 12.3. The van der Waals surface area contributed by atoms with Gasteiger partial charge in [-0.15, -0.1) is 0 Å². The molecule has 6 nitrogen and oxygen atoms in total. The highest BCUT2D eigenvalue weighted by atomic mass is 32.1. The predicted molar refractivity (Wildman–Crippen MR) is 96.6 cm³/mol. The van der Waals surface area contributed by atoms with Gasteiger partial charge in [-0.3, -0.25) is 14.9 Å². The van der Waals surface area contributed by atoms with Gasteiger partial charge in [0.15, 0.2) is 6.61 Å². The van der Waals surface area contributed by atoms with Gasteiger partial charge in [-0.05, 0) is 78.7 Å². The monoisotopic (exact) mass is 376 g/mol. The third-order valence-corrected chi connectivity index (χ3v) is 6.69. The van der Waals surface area contributed by atoms with Crippen molar-refractivity contribution < 1.29 is 19.1 Å². The Labute approximate surface area is 156 Å². The lowest BCUT2D eigenvalue weighted by Crippen LogP contribution is -2.62. The summed E-state index contributed by atoms with van der Waals surface area (Å²) in [5.74, 6) is 1.09. The third kappa shape index (κ3) is 3.92. The van der Waals surface area contributed by atoms with Gasteiger partial charge in [-0.2, -0.15) is 11.3 Å². The normalized spacial score (nSPS) is 31.5. The van der Waals surface area contributed by atoms with Crippen molar-refractivity contribution in [1.29, 1.82) is 0 Å². The first-order valence-electron chi connectivity index (χ1n) is 9.28. The Morgan fingerprint density at radius 1 is 1.12 bits per heavy atom. The summed E-state index contributed by atoms with van der Waals surface area (Å²) in [7, 11) is 0. The Morgan fingerprint density at radius 2 is 1.77 bits per heavy atom. The van der Waals surface area contributed by atoms with Crippen LogP contribution >= 0.6 is 11.3 Å². The van der Waals surface area contributed by atoms with Crippen LogP contribution in [0, 0.1) is 17.8 Å². The van der Waals surface area contributed by atoms with Crippen molar-refractivity contribution in [3.63, 3.8) is 0 Å². The van der Waals surface area contributed by atoms with E-state index in [9.17, 15) is 14.4 Å². The Balaban J connectivity index is 1.22. The molecule has 4 saturated carbocycles. The van der Waals surface area contributed by atoms with E-state index in [1.165, 1.54) is 30.6 Å². The number of ether oxygens (including phenoxy) is 1. The summed E-state index contributed by atoms with van der Waals surface area (Å²) in [6.45, 7) is -0.433. The average Bonchev–Trinajstić information content (AvgIpc) is 3.03. The highest BCUT2D eigenvalue weighted by molar-refractivity contribution is 7.07. The first kappa shape index (κ1) is 17.5. The lowest BCUT2D eigenvalue weighted by atomic mass is 9.53. The number of hydrogen-bond acceptors (Lipinski definition) is 5. The van der Waals surface area contributed by atoms with Gasteiger partial charge in [-0.25, -0.2) is 4.79 Å². The molecule has 4 fully saturated rings. The zero-order valence-corrected chi connectivity index (χ0v) is 15.5. The van der Waals surface area contributed by atoms with E-state index >= 15 is 0 Å². The molecule has 2 N–H and O–H groups in total. The standard InChI is InChI=1S/C19H24N2O4S/c22-16(10-25-17(23)6-12-1-2-26-11-12)20-18(24)21-19-7-13-3-14(8-19)5-15(4-13)9-19/h1-2,11,13-15H,3-10H2,(H2,20,21,22,24). The molecule has 0 spiro atoms. The summed E-state index contributed by atoms with van der Waals surface area (Å²) in [5.41, 5.74) is 0.717. The van der Waals surface area contributed by atoms with E-state index in [1.807, 2.05) is 16.8 Å². The van der Waals surface area contributed by atoms with E-state index in [1.54, 1.807) is 0 Å². The lowest BCUT2D eigenvalue weighted by molar-refractivity contribution is -0.147. The van der Waals surface area contributed by atoms with Gasteiger partial charge in [-0.1, -0.05) is 0 Å². The van der Waals surface area contributed by atoms with Gasteiger partial charge >= 0.3 is 12.0 Å². The van der Waals surface area contributed by atoms with E-state index in [4.69, 9.17) is 4.74 Å². The van der Waals surface area contributed by atoms with Gasteiger partial charge in [0.05, 0.1) is 6.42 Å². The van der Waals surface area contributed by atoms with Crippen molar-refractivity contribution in [2.24, 2.45) is 17.8 Å². The molecule has 0 aromatic carbocycles. The number of carbonyl (C=O) groups is 3. The first-order valence-corrected chi connectivity index (χ1v) is 10.2.